The fourth-order valence-electron chi connectivity index (χ4n) is 0.499. The van der Waals surface area contributed by atoms with E-state index in [4.69, 9.17) is 5.84 Å². The lowest BCUT2D eigenvalue weighted by Gasteiger charge is -2.01. The summed E-state index contributed by atoms with van der Waals surface area (Å²) in [6.07, 6.45) is 0. The maximum atomic E-state index is 5.04. The van der Waals surface area contributed by atoms with Crippen molar-refractivity contribution in [3.05, 3.63) is 0 Å². The van der Waals surface area contributed by atoms with Gasteiger partial charge in [-0.05, 0) is 7.05 Å². The Balaban J connectivity index is 2.60. The molecule has 0 fully saturated rings. The Morgan fingerprint density at radius 3 is 2.33 bits per heavy atom. The van der Waals surface area contributed by atoms with Crippen molar-refractivity contribution in [2.24, 2.45) is 5.84 Å². The number of rotatable bonds is 6. The molecule has 4 nitrogen and oxygen atoms in total. The molecule has 0 radical (unpaired) electrons. The first-order valence-corrected chi connectivity index (χ1v) is 3.20. The summed E-state index contributed by atoms with van der Waals surface area (Å²) in [6.45, 7) is 3.75. The molecule has 0 aromatic rings. The average molecular weight is 132 g/mol. The van der Waals surface area contributed by atoms with Crippen LogP contribution in [0.1, 0.15) is 0 Å². The molecular formula is C5H16N4. The van der Waals surface area contributed by atoms with E-state index >= 15 is 0 Å². The van der Waals surface area contributed by atoms with Crippen molar-refractivity contribution >= 4 is 0 Å². The third kappa shape index (κ3) is 7.84. The number of hydrazine groups is 1. The van der Waals surface area contributed by atoms with Crippen LogP contribution in [0.25, 0.3) is 0 Å². The third-order valence-corrected chi connectivity index (χ3v) is 0.998. The first-order valence-electron chi connectivity index (χ1n) is 3.20. The summed E-state index contributed by atoms with van der Waals surface area (Å²) in [4.78, 5) is 0. The number of hydrogen-bond acceptors (Lipinski definition) is 4. The molecule has 0 amide bonds. The van der Waals surface area contributed by atoms with E-state index in [0.29, 0.717) is 0 Å². The molecule has 0 spiro atoms. The van der Waals surface area contributed by atoms with Gasteiger partial charge in [0.15, 0.2) is 0 Å². The second-order valence-electron chi connectivity index (χ2n) is 1.81. The molecule has 0 aliphatic carbocycles. The highest BCUT2D eigenvalue weighted by Gasteiger charge is 1.81. The van der Waals surface area contributed by atoms with E-state index in [-0.39, 0.29) is 0 Å². The van der Waals surface area contributed by atoms with Crippen LogP contribution in [0.5, 0.6) is 0 Å². The van der Waals surface area contributed by atoms with Gasteiger partial charge in [0.25, 0.3) is 0 Å². The SMILES string of the molecule is CNCCNCCNN. The van der Waals surface area contributed by atoms with Crippen molar-refractivity contribution in [1.29, 1.82) is 0 Å². The fraction of sp³-hybridized carbons (Fsp3) is 1.00. The highest BCUT2D eigenvalue weighted by atomic mass is 15.2. The Kier molecular flexibility index (Phi) is 7.70. The van der Waals surface area contributed by atoms with Crippen molar-refractivity contribution in [2.75, 3.05) is 33.2 Å². The van der Waals surface area contributed by atoms with Gasteiger partial charge in [-0.3, -0.25) is 11.3 Å². The molecule has 0 rings (SSSR count). The molecule has 0 aromatic carbocycles. The van der Waals surface area contributed by atoms with Gasteiger partial charge in [0.1, 0.15) is 0 Å². The first kappa shape index (κ1) is 8.84. The molecule has 0 aliphatic rings. The summed E-state index contributed by atoms with van der Waals surface area (Å²) in [6, 6.07) is 0. The van der Waals surface area contributed by atoms with Crippen LogP contribution in [0.3, 0.4) is 0 Å². The van der Waals surface area contributed by atoms with E-state index in [9.17, 15) is 0 Å². The Hall–Kier alpha value is -0.160. The molecule has 9 heavy (non-hydrogen) atoms. The molecule has 5 N–H and O–H groups in total. The zero-order valence-corrected chi connectivity index (χ0v) is 5.91. The number of nitrogens with one attached hydrogen (secondary N) is 3. The van der Waals surface area contributed by atoms with E-state index in [1.54, 1.807) is 0 Å². The van der Waals surface area contributed by atoms with Gasteiger partial charge in [-0.2, -0.15) is 0 Å². The van der Waals surface area contributed by atoms with Crippen LogP contribution in [0, 0.1) is 0 Å². The predicted molar refractivity (Wildman–Crippen MR) is 39.0 cm³/mol. The lowest BCUT2D eigenvalue weighted by molar-refractivity contribution is 0.611. The minimum absolute atomic E-state index is 0.823. The van der Waals surface area contributed by atoms with E-state index < -0.39 is 0 Å². The van der Waals surface area contributed by atoms with Gasteiger partial charge in [0.2, 0.25) is 0 Å². The second-order valence-corrected chi connectivity index (χ2v) is 1.81. The van der Waals surface area contributed by atoms with Crippen LogP contribution in [0.2, 0.25) is 0 Å². The van der Waals surface area contributed by atoms with Crippen LogP contribution < -0.4 is 21.9 Å². The fourth-order valence-corrected chi connectivity index (χ4v) is 0.499. The molecule has 0 aliphatic heterocycles. The highest BCUT2D eigenvalue weighted by Crippen LogP contribution is 1.54. The molecule has 4 heteroatoms. The van der Waals surface area contributed by atoms with Crippen LogP contribution in [-0.2, 0) is 0 Å². The molecule has 0 bridgehead atoms. The van der Waals surface area contributed by atoms with Crippen LogP contribution in [-0.4, -0.2) is 33.2 Å². The van der Waals surface area contributed by atoms with Crippen molar-refractivity contribution in [3.8, 4) is 0 Å². The Labute approximate surface area is 56.2 Å². The molecule has 0 unspecified atom stereocenters. The molecule has 0 aromatic heterocycles. The van der Waals surface area contributed by atoms with Crippen LogP contribution in [0.15, 0.2) is 0 Å². The minimum Gasteiger partial charge on any atom is -0.318 e. The van der Waals surface area contributed by atoms with Gasteiger partial charge >= 0.3 is 0 Å². The Morgan fingerprint density at radius 2 is 1.78 bits per heavy atom. The summed E-state index contributed by atoms with van der Waals surface area (Å²) in [5, 5.41) is 6.21. The molecule has 0 saturated heterocycles. The zero-order valence-electron chi connectivity index (χ0n) is 5.91. The van der Waals surface area contributed by atoms with Gasteiger partial charge in [0, 0.05) is 26.2 Å². The maximum Gasteiger partial charge on any atom is 0.0223 e. The Bertz CT molecular complexity index is 42.2. The molecule has 0 heterocycles. The minimum atomic E-state index is 0.823. The number of likely N-dealkylation sites (N-methyl/N-ethyl adjacent to an activating group) is 1. The summed E-state index contributed by atoms with van der Waals surface area (Å²) < 4.78 is 0. The maximum absolute atomic E-state index is 5.04. The molecule has 0 saturated carbocycles. The zero-order chi connectivity index (χ0) is 6.95. The molecule has 0 atom stereocenters. The van der Waals surface area contributed by atoms with Crippen LogP contribution in [0.4, 0.5) is 0 Å². The van der Waals surface area contributed by atoms with Crippen molar-refractivity contribution < 1.29 is 0 Å². The first-order chi connectivity index (χ1) is 4.41. The predicted octanol–water partition coefficient (Wildman–Crippen LogP) is -1.74. The van der Waals surface area contributed by atoms with Gasteiger partial charge < -0.3 is 10.6 Å². The average Bonchev–Trinajstić information content (AvgIpc) is 1.89. The molecular weight excluding hydrogens is 116 g/mol. The molecule has 56 valence electrons. The Morgan fingerprint density at radius 1 is 1.11 bits per heavy atom. The van der Waals surface area contributed by atoms with Crippen LogP contribution >= 0.6 is 0 Å². The normalized spacial score (nSPS) is 10.0. The van der Waals surface area contributed by atoms with E-state index in [1.807, 2.05) is 7.05 Å². The number of nitrogens with two attached hydrogens (primary N) is 1. The van der Waals surface area contributed by atoms with Crippen molar-refractivity contribution in [2.45, 2.75) is 0 Å². The lowest BCUT2D eigenvalue weighted by Crippen LogP contribution is -2.34. The summed E-state index contributed by atoms with van der Waals surface area (Å²) in [7, 11) is 1.93. The second kappa shape index (κ2) is 7.84. The largest absolute Gasteiger partial charge is 0.318 e. The van der Waals surface area contributed by atoms with Gasteiger partial charge in [-0.1, -0.05) is 0 Å². The van der Waals surface area contributed by atoms with E-state index in [1.165, 1.54) is 0 Å². The van der Waals surface area contributed by atoms with Crippen molar-refractivity contribution in [1.82, 2.24) is 16.1 Å². The standard InChI is InChI=1S/C5H16N4/c1-7-2-3-8-4-5-9-6/h7-9H,2-6H2,1H3. The number of hydrogen-bond donors (Lipinski definition) is 4. The third-order valence-electron chi connectivity index (χ3n) is 0.998. The summed E-state index contributed by atoms with van der Waals surface area (Å²) in [5.74, 6) is 5.04. The summed E-state index contributed by atoms with van der Waals surface area (Å²) in [5.41, 5.74) is 2.56. The van der Waals surface area contributed by atoms with Crippen molar-refractivity contribution in [3.63, 3.8) is 0 Å². The van der Waals surface area contributed by atoms with Gasteiger partial charge in [0.05, 0.1) is 0 Å². The van der Waals surface area contributed by atoms with Gasteiger partial charge in [-0.15, -0.1) is 0 Å². The monoisotopic (exact) mass is 132 g/mol. The highest BCUT2D eigenvalue weighted by molar-refractivity contribution is 4.48. The van der Waals surface area contributed by atoms with Gasteiger partial charge in [-0.25, -0.2) is 0 Å². The summed E-state index contributed by atoms with van der Waals surface area (Å²) >= 11 is 0. The van der Waals surface area contributed by atoms with E-state index in [0.717, 1.165) is 26.2 Å². The lowest BCUT2D eigenvalue weighted by atomic mass is 10.5. The van der Waals surface area contributed by atoms with E-state index in [2.05, 4.69) is 16.1 Å². The quantitative estimate of drug-likeness (QED) is 0.197. The smallest absolute Gasteiger partial charge is 0.0223 e. The topological polar surface area (TPSA) is 62.1 Å².